The summed E-state index contributed by atoms with van der Waals surface area (Å²) in [5, 5.41) is 3.31. The zero-order valence-corrected chi connectivity index (χ0v) is 10.5. The van der Waals surface area contributed by atoms with E-state index in [0.717, 1.165) is 18.5 Å². The Morgan fingerprint density at radius 1 is 1.47 bits per heavy atom. The van der Waals surface area contributed by atoms with Crippen molar-refractivity contribution in [3.63, 3.8) is 0 Å². The van der Waals surface area contributed by atoms with Gasteiger partial charge in [-0.3, -0.25) is 0 Å². The van der Waals surface area contributed by atoms with Crippen molar-refractivity contribution >= 4 is 5.69 Å². The number of anilines is 1. The predicted octanol–water partition coefficient (Wildman–Crippen LogP) is 2.74. The first-order valence-electron chi connectivity index (χ1n) is 6.31. The molecule has 1 aromatic rings. The van der Waals surface area contributed by atoms with Crippen molar-refractivity contribution in [3.8, 4) is 0 Å². The Kier molecular flexibility index (Phi) is 3.38. The van der Waals surface area contributed by atoms with Gasteiger partial charge in [0.2, 0.25) is 0 Å². The summed E-state index contributed by atoms with van der Waals surface area (Å²) in [6, 6.07) is 7.93. The van der Waals surface area contributed by atoms with Crippen LogP contribution in [0.1, 0.15) is 25.8 Å². The third-order valence-electron chi connectivity index (χ3n) is 3.90. The molecule has 0 saturated heterocycles. The Balaban J connectivity index is 2.22. The molecule has 1 aliphatic rings. The molecule has 17 heavy (non-hydrogen) atoms. The van der Waals surface area contributed by atoms with Gasteiger partial charge < -0.3 is 11.1 Å². The minimum absolute atomic E-state index is 0.0738. The summed E-state index contributed by atoms with van der Waals surface area (Å²) in [5.41, 5.74) is 6.64. The molecule has 0 fully saturated rings. The Bertz CT molecular complexity index is 392. The van der Waals surface area contributed by atoms with Gasteiger partial charge in [-0.15, -0.1) is 0 Å². The molecule has 0 saturated carbocycles. The van der Waals surface area contributed by atoms with Gasteiger partial charge >= 0.3 is 0 Å². The van der Waals surface area contributed by atoms with E-state index in [1.807, 2.05) is 32.0 Å². The van der Waals surface area contributed by atoms with Gasteiger partial charge in [-0.2, -0.15) is 0 Å². The number of aryl methyl sites for hydroxylation is 1. The number of benzene rings is 1. The molecule has 1 heterocycles. The zero-order valence-electron chi connectivity index (χ0n) is 10.5. The van der Waals surface area contributed by atoms with E-state index in [0.29, 0.717) is 0 Å². The van der Waals surface area contributed by atoms with Gasteiger partial charge in [0.25, 0.3) is 0 Å². The smallest absolute Gasteiger partial charge is 0.145 e. The number of halogens is 1. The number of nitrogens with two attached hydrogens (primary N) is 1. The summed E-state index contributed by atoms with van der Waals surface area (Å²) in [6.45, 7) is 3.87. The van der Waals surface area contributed by atoms with Crippen LogP contribution in [-0.4, -0.2) is 18.3 Å². The second kappa shape index (κ2) is 4.65. The molecule has 0 spiro atoms. The molecule has 0 radical (unpaired) electrons. The van der Waals surface area contributed by atoms with E-state index in [1.165, 1.54) is 5.56 Å². The Labute approximate surface area is 102 Å². The van der Waals surface area contributed by atoms with Crippen molar-refractivity contribution in [2.45, 2.75) is 38.4 Å². The van der Waals surface area contributed by atoms with Gasteiger partial charge in [0, 0.05) is 12.2 Å². The Morgan fingerprint density at radius 2 is 2.18 bits per heavy atom. The molecule has 1 aromatic carbocycles. The summed E-state index contributed by atoms with van der Waals surface area (Å²) in [5.74, 6) is -0.0738. The first-order chi connectivity index (χ1) is 8.08. The molecule has 0 amide bonds. The first-order valence-corrected chi connectivity index (χ1v) is 6.31. The topological polar surface area (TPSA) is 38.0 Å². The second-order valence-corrected chi connectivity index (χ2v) is 5.18. The average Bonchev–Trinajstić information content (AvgIpc) is 2.37. The molecule has 3 heteroatoms. The number of fused-ring (bicyclic) bond motifs is 1. The lowest BCUT2D eigenvalue weighted by molar-refractivity contribution is 0.0807. The van der Waals surface area contributed by atoms with Crippen LogP contribution in [0, 0.1) is 5.92 Å². The Morgan fingerprint density at radius 3 is 2.82 bits per heavy atom. The third kappa shape index (κ3) is 2.16. The summed E-state index contributed by atoms with van der Waals surface area (Å²) in [7, 11) is 0. The van der Waals surface area contributed by atoms with E-state index in [1.54, 1.807) is 0 Å². The normalized spacial score (nSPS) is 22.8. The molecule has 0 bridgehead atoms. The second-order valence-electron chi connectivity index (χ2n) is 5.18. The molecule has 0 aliphatic carbocycles. The van der Waals surface area contributed by atoms with Crippen molar-refractivity contribution in [2.75, 3.05) is 11.9 Å². The fourth-order valence-electron chi connectivity index (χ4n) is 2.58. The zero-order chi connectivity index (χ0) is 12.5. The summed E-state index contributed by atoms with van der Waals surface area (Å²) in [4.78, 5) is 0. The first kappa shape index (κ1) is 12.4. The van der Waals surface area contributed by atoms with Gasteiger partial charge in [0.15, 0.2) is 0 Å². The Hall–Kier alpha value is -1.09. The quantitative estimate of drug-likeness (QED) is 0.847. The molecule has 94 valence electrons. The number of rotatable bonds is 3. The van der Waals surface area contributed by atoms with Crippen LogP contribution in [0.25, 0.3) is 0 Å². The highest BCUT2D eigenvalue weighted by atomic mass is 19.1. The van der Waals surface area contributed by atoms with Crippen LogP contribution >= 0.6 is 0 Å². The SMILES string of the molecule is CC(C)C(F)(CN)C1CCc2ccccc2N1. The maximum Gasteiger partial charge on any atom is 0.145 e. The molecular formula is C14H21FN2. The van der Waals surface area contributed by atoms with E-state index in [2.05, 4.69) is 11.4 Å². The summed E-state index contributed by atoms with van der Waals surface area (Å²) in [6.07, 6.45) is 1.73. The van der Waals surface area contributed by atoms with Gasteiger partial charge in [0.1, 0.15) is 5.67 Å². The maximum atomic E-state index is 14.8. The van der Waals surface area contributed by atoms with Crippen LogP contribution in [-0.2, 0) is 6.42 Å². The van der Waals surface area contributed by atoms with Crippen molar-refractivity contribution in [2.24, 2.45) is 11.7 Å². The number of hydrogen-bond donors (Lipinski definition) is 2. The molecule has 2 rings (SSSR count). The number of nitrogens with one attached hydrogen (secondary N) is 1. The fourth-order valence-corrected chi connectivity index (χ4v) is 2.58. The van der Waals surface area contributed by atoms with Crippen LogP contribution in [0.5, 0.6) is 0 Å². The molecule has 2 unspecified atom stereocenters. The minimum atomic E-state index is -1.33. The van der Waals surface area contributed by atoms with Crippen molar-refractivity contribution < 1.29 is 4.39 Å². The molecule has 3 N–H and O–H groups in total. The summed E-state index contributed by atoms with van der Waals surface area (Å²) >= 11 is 0. The standard InChI is InChI=1S/C14H21FN2/c1-10(2)14(15,9-16)13-8-7-11-5-3-4-6-12(11)17-13/h3-6,10,13,17H,7-9,16H2,1-2H3. The van der Waals surface area contributed by atoms with Crippen molar-refractivity contribution in [3.05, 3.63) is 29.8 Å². The third-order valence-corrected chi connectivity index (χ3v) is 3.90. The lowest BCUT2D eigenvalue weighted by atomic mass is 9.80. The van der Waals surface area contributed by atoms with Crippen LogP contribution in [0.15, 0.2) is 24.3 Å². The maximum absolute atomic E-state index is 14.8. The minimum Gasteiger partial charge on any atom is -0.379 e. The molecule has 2 nitrogen and oxygen atoms in total. The number of alkyl halides is 1. The van der Waals surface area contributed by atoms with Gasteiger partial charge in [-0.1, -0.05) is 32.0 Å². The average molecular weight is 236 g/mol. The van der Waals surface area contributed by atoms with Gasteiger partial charge in [0.05, 0.1) is 6.04 Å². The largest absolute Gasteiger partial charge is 0.379 e. The number of hydrogen-bond acceptors (Lipinski definition) is 2. The van der Waals surface area contributed by atoms with Crippen LogP contribution in [0.2, 0.25) is 0 Å². The highest BCUT2D eigenvalue weighted by Crippen LogP contribution is 2.34. The fraction of sp³-hybridized carbons (Fsp3) is 0.571. The van der Waals surface area contributed by atoms with Crippen LogP contribution < -0.4 is 11.1 Å². The van der Waals surface area contributed by atoms with Crippen molar-refractivity contribution in [1.82, 2.24) is 0 Å². The van der Waals surface area contributed by atoms with E-state index in [9.17, 15) is 4.39 Å². The highest BCUT2D eigenvalue weighted by Gasteiger charge is 2.42. The van der Waals surface area contributed by atoms with Crippen LogP contribution in [0.4, 0.5) is 10.1 Å². The molecule has 0 aromatic heterocycles. The van der Waals surface area contributed by atoms with Crippen molar-refractivity contribution in [1.29, 1.82) is 0 Å². The summed E-state index contributed by atoms with van der Waals surface area (Å²) < 4.78 is 14.8. The molecule has 2 atom stereocenters. The molecule has 1 aliphatic heterocycles. The van der Waals surface area contributed by atoms with Crippen LogP contribution in [0.3, 0.4) is 0 Å². The van der Waals surface area contributed by atoms with E-state index < -0.39 is 5.67 Å². The van der Waals surface area contributed by atoms with Gasteiger partial charge in [-0.25, -0.2) is 4.39 Å². The monoisotopic (exact) mass is 236 g/mol. The van der Waals surface area contributed by atoms with E-state index in [4.69, 9.17) is 5.73 Å². The van der Waals surface area contributed by atoms with Gasteiger partial charge in [-0.05, 0) is 30.4 Å². The van der Waals surface area contributed by atoms with E-state index in [-0.39, 0.29) is 18.5 Å². The lowest BCUT2D eigenvalue weighted by Gasteiger charge is -2.40. The van der Waals surface area contributed by atoms with E-state index >= 15 is 0 Å². The molecular weight excluding hydrogens is 215 g/mol. The highest BCUT2D eigenvalue weighted by molar-refractivity contribution is 5.54. The number of para-hydroxylation sites is 1. The predicted molar refractivity (Wildman–Crippen MR) is 69.9 cm³/mol. The lowest BCUT2D eigenvalue weighted by Crippen LogP contribution is -2.53.